The molecule has 0 atom stereocenters. The van der Waals surface area contributed by atoms with Crippen LogP contribution in [0.1, 0.15) is 5.56 Å². The van der Waals surface area contributed by atoms with Gasteiger partial charge in [0.1, 0.15) is 5.82 Å². The SMILES string of the molecule is Nc1cnc(NCc2cccc([N+](=O)[O-])c2)c(Br)c1. The Kier molecular flexibility index (Phi) is 3.96. The first-order valence-electron chi connectivity index (χ1n) is 5.44. The van der Waals surface area contributed by atoms with Gasteiger partial charge in [-0.1, -0.05) is 12.1 Å². The molecule has 19 heavy (non-hydrogen) atoms. The number of nitrogen functional groups attached to an aromatic ring is 1. The fourth-order valence-electron chi connectivity index (χ4n) is 1.55. The number of nitrogens with two attached hydrogens (primary N) is 1. The van der Waals surface area contributed by atoms with Crippen LogP contribution in [0.5, 0.6) is 0 Å². The van der Waals surface area contributed by atoms with E-state index in [-0.39, 0.29) is 5.69 Å². The number of nitro groups is 1. The van der Waals surface area contributed by atoms with E-state index < -0.39 is 4.92 Å². The minimum atomic E-state index is -0.416. The van der Waals surface area contributed by atoms with Crippen LogP contribution in [0.4, 0.5) is 17.2 Å². The average molecular weight is 323 g/mol. The number of nitro benzene ring substituents is 1. The summed E-state index contributed by atoms with van der Waals surface area (Å²) in [4.78, 5) is 14.4. The molecule has 0 bridgehead atoms. The number of rotatable bonds is 4. The van der Waals surface area contributed by atoms with Crippen LogP contribution >= 0.6 is 15.9 Å². The lowest BCUT2D eigenvalue weighted by molar-refractivity contribution is -0.384. The van der Waals surface area contributed by atoms with Crippen molar-refractivity contribution in [3.05, 3.63) is 56.7 Å². The Labute approximate surface area is 117 Å². The first kappa shape index (κ1) is 13.3. The molecule has 0 aliphatic rings. The van der Waals surface area contributed by atoms with Gasteiger partial charge in [0.2, 0.25) is 0 Å². The Morgan fingerprint density at radius 2 is 2.21 bits per heavy atom. The van der Waals surface area contributed by atoms with E-state index in [2.05, 4.69) is 26.2 Å². The van der Waals surface area contributed by atoms with Crippen molar-refractivity contribution in [1.29, 1.82) is 0 Å². The fraction of sp³-hybridized carbons (Fsp3) is 0.0833. The standard InChI is InChI=1S/C12H11BrN4O2/c13-11-5-9(14)7-16-12(11)15-6-8-2-1-3-10(4-8)17(18)19/h1-5,7H,6,14H2,(H,15,16). The molecule has 2 rings (SSSR count). The van der Waals surface area contributed by atoms with Crippen LogP contribution in [0.25, 0.3) is 0 Å². The van der Waals surface area contributed by atoms with E-state index in [9.17, 15) is 10.1 Å². The second kappa shape index (κ2) is 5.66. The molecule has 0 aliphatic heterocycles. The van der Waals surface area contributed by atoms with Crippen molar-refractivity contribution in [2.75, 3.05) is 11.1 Å². The lowest BCUT2D eigenvalue weighted by Gasteiger charge is -2.08. The van der Waals surface area contributed by atoms with Crippen molar-refractivity contribution in [2.45, 2.75) is 6.54 Å². The number of halogens is 1. The lowest BCUT2D eigenvalue weighted by atomic mass is 10.2. The number of pyridine rings is 1. The van der Waals surface area contributed by atoms with Gasteiger partial charge >= 0.3 is 0 Å². The average Bonchev–Trinajstić information content (AvgIpc) is 2.38. The molecule has 7 heteroatoms. The Balaban J connectivity index is 2.10. The van der Waals surface area contributed by atoms with Gasteiger partial charge < -0.3 is 11.1 Å². The molecule has 1 aromatic carbocycles. The smallest absolute Gasteiger partial charge is 0.269 e. The number of anilines is 2. The van der Waals surface area contributed by atoms with Crippen molar-refractivity contribution in [3.8, 4) is 0 Å². The van der Waals surface area contributed by atoms with E-state index in [1.807, 2.05) is 6.07 Å². The van der Waals surface area contributed by atoms with E-state index >= 15 is 0 Å². The molecular weight excluding hydrogens is 312 g/mol. The van der Waals surface area contributed by atoms with E-state index in [1.165, 1.54) is 12.1 Å². The van der Waals surface area contributed by atoms with Gasteiger partial charge in [-0.05, 0) is 27.6 Å². The Morgan fingerprint density at radius 1 is 1.42 bits per heavy atom. The van der Waals surface area contributed by atoms with Gasteiger partial charge in [0.05, 0.1) is 21.3 Å². The second-order valence-electron chi connectivity index (χ2n) is 3.88. The highest BCUT2D eigenvalue weighted by Crippen LogP contribution is 2.22. The van der Waals surface area contributed by atoms with Crippen molar-refractivity contribution >= 4 is 33.1 Å². The Hall–Kier alpha value is -2.15. The monoisotopic (exact) mass is 322 g/mol. The molecule has 0 radical (unpaired) electrons. The predicted molar refractivity (Wildman–Crippen MR) is 76.8 cm³/mol. The van der Waals surface area contributed by atoms with E-state index in [0.717, 1.165) is 10.0 Å². The minimum Gasteiger partial charge on any atom is -0.397 e. The number of nitrogens with zero attached hydrogens (tertiary/aromatic N) is 2. The van der Waals surface area contributed by atoms with Gasteiger partial charge in [-0.25, -0.2) is 4.98 Å². The zero-order valence-electron chi connectivity index (χ0n) is 9.84. The molecular formula is C12H11BrN4O2. The summed E-state index contributed by atoms with van der Waals surface area (Å²) < 4.78 is 0.748. The van der Waals surface area contributed by atoms with Gasteiger partial charge in [-0.3, -0.25) is 10.1 Å². The molecule has 0 saturated heterocycles. The molecule has 2 aromatic rings. The number of hydrogen-bond donors (Lipinski definition) is 2. The molecule has 3 N–H and O–H groups in total. The van der Waals surface area contributed by atoms with E-state index in [4.69, 9.17) is 5.73 Å². The maximum absolute atomic E-state index is 10.7. The molecule has 6 nitrogen and oxygen atoms in total. The van der Waals surface area contributed by atoms with Gasteiger partial charge in [-0.15, -0.1) is 0 Å². The number of aromatic nitrogens is 1. The summed E-state index contributed by atoms with van der Waals surface area (Å²) in [5.74, 6) is 0.640. The molecule has 0 amide bonds. The maximum Gasteiger partial charge on any atom is 0.269 e. The number of hydrogen-bond acceptors (Lipinski definition) is 5. The topological polar surface area (TPSA) is 94.1 Å². The zero-order valence-corrected chi connectivity index (χ0v) is 11.4. The largest absolute Gasteiger partial charge is 0.397 e. The normalized spacial score (nSPS) is 10.2. The fourth-order valence-corrected chi connectivity index (χ4v) is 2.06. The molecule has 1 heterocycles. The summed E-state index contributed by atoms with van der Waals surface area (Å²) in [7, 11) is 0. The summed E-state index contributed by atoms with van der Waals surface area (Å²) in [5, 5.41) is 13.8. The van der Waals surface area contributed by atoms with Crippen LogP contribution in [0.2, 0.25) is 0 Å². The summed E-state index contributed by atoms with van der Waals surface area (Å²) in [6.07, 6.45) is 1.54. The van der Waals surface area contributed by atoms with E-state index in [1.54, 1.807) is 18.3 Å². The highest BCUT2D eigenvalue weighted by molar-refractivity contribution is 9.10. The molecule has 98 valence electrons. The summed E-state index contributed by atoms with van der Waals surface area (Å²) >= 11 is 3.35. The lowest BCUT2D eigenvalue weighted by Crippen LogP contribution is -2.03. The van der Waals surface area contributed by atoms with Crippen LogP contribution in [-0.2, 0) is 6.54 Å². The quantitative estimate of drug-likeness (QED) is 0.666. The zero-order chi connectivity index (χ0) is 13.8. The number of non-ortho nitro benzene ring substituents is 1. The predicted octanol–water partition coefficient (Wildman–Crippen LogP) is 2.95. The molecule has 0 fully saturated rings. The summed E-state index contributed by atoms with van der Waals surface area (Å²) in [5.41, 5.74) is 7.03. The van der Waals surface area contributed by atoms with Crippen LogP contribution in [0.15, 0.2) is 41.0 Å². The molecule has 0 saturated carbocycles. The third-order valence-electron chi connectivity index (χ3n) is 2.44. The van der Waals surface area contributed by atoms with E-state index in [0.29, 0.717) is 18.1 Å². The first-order chi connectivity index (χ1) is 9.06. The number of nitrogens with one attached hydrogen (secondary N) is 1. The Bertz CT molecular complexity index is 618. The summed E-state index contributed by atoms with van der Waals surface area (Å²) in [6.45, 7) is 0.442. The highest BCUT2D eigenvalue weighted by Gasteiger charge is 2.06. The molecule has 1 aromatic heterocycles. The number of benzene rings is 1. The van der Waals surface area contributed by atoms with Crippen LogP contribution < -0.4 is 11.1 Å². The molecule has 0 spiro atoms. The van der Waals surface area contributed by atoms with Crippen LogP contribution in [-0.4, -0.2) is 9.91 Å². The third kappa shape index (κ3) is 3.41. The van der Waals surface area contributed by atoms with Crippen molar-refractivity contribution in [3.63, 3.8) is 0 Å². The van der Waals surface area contributed by atoms with Gasteiger partial charge in [0.15, 0.2) is 0 Å². The maximum atomic E-state index is 10.7. The molecule has 0 aliphatic carbocycles. The van der Waals surface area contributed by atoms with Gasteiger partial charge in [-0.2, -0.15) is 0 Å². The van der Waals surface area contributed by atoms with Crippen LogP contribution in [0, 0.1) is 10.1 Å². The third-order valence-corrected chi connectivity index (χ3v) is 3.05. The second-order valence-corrected chi connectivity index (χ2v) is 4.73. The van der Waals surface area contributed by atoms with Crippen molar-refractivity contribution in [1.82, 2.24) is 4.98 Å². The van der Waals surface area contributed by atoms with Gasteiger partial charge in [0, 0.05) is 18.7 Å². The van der Waals surface area contributed by atoms with Crippen molar-refractivity contribution in [2.24, 2.45) is 0 Å². The minimum absolute atomic E-state index is 0.0728. The van der Waals surface area contributed by atoms with Gasteiger partial charge in [0.25, 0.3) is 5.69 Å². The van der Waals surface area contributed by atoms with Crippen molar-refractivity contribution < 1.29 is 4.92 Å². The highest BCUT2D eigenvalue weighted by atomic mass is 79.9. The summed E-state index contributed by atoms with van der Waals surface area (Å²) in [6, 6.07) is 8.19. The molecule has 0 unspecified atom stereocenters. The van der Waals surface area contributed by atoms with Crippen LogP contribution in [0.3, 0.4) is 0 Å². The Morgan fingerprint density at radius 3 is 2.89 bits per heavy atom. The first-order valence-corrected chi connectivity index (χ1v) is 6.24.